The van der Waals surface area contributed by atoms with Gasteiger partial charge in [0.2, 0.25) is 5.91 Å². The fraction of sp³-hybridized carbons (Fsp3) is 0.938. The van der Waals surface area contributed by atoms with Crippen LogP contribution < -0.4 is 10.6 Å². The molecule has 1 saturated heterocycles. The van der Waals surface area contributed by atoms with E-state index in [1.54, 1.807) is 0 Å². The van der Waals surface area contributed by atoms with E-state index in [1.807, 2.05) is 0 Å². The molecule has 3 aliphatic rings. The quantitative estimate of drug-likeness (QED) is 0.822. The van der Waals surface area contributed by atoms with Crippen LogP contribution in [0.1, 0.15) is 58.3 Å². The van der Waals surface area contributed by atoms with Crippen LogP contribution in [0, 0.1) is 17.8 Å². The molecule has 0 bridgehead atoms. The van der Waals surface area contributed by atoms with E-state index in [1.165, 1.54) is 44.9 Å². The highest BCUT2D eigenvalue weighted by Crippen LogP contribution is 2.33. The van der Waals surface area contributed by atoms with Gasteiger partial charge in [-0.25, -0.2) is 0 Å². The van der Waals surface area contributed by atoms with E-state index < -0.39 is 0 Å². The SMILES string of the molecule is CC1CCCC1CNC(=O)C1CC2CCCCC2N1. The Kier molecular flexibility index (Phi) is 4.11. The van der Waals surface area contributed by atoms with Gasteiger partial charge in [0, 0.05) is 12.6 Å². The van der Waals surface area contributed by atoms with Crippen LogP contribution in [0.5, 0.6) is 0 Å². The van der Waals surface area contributed by atoms with Crippen molar-refractivity contribution in [2.75, 3.05) is 6.54 Å². The first-order valence-electron chi connectivity index (χ1n) is 8.28. The Labute approximate surface area is 116 Å². The third-order valence-electron chi connectivity index (χ3n) is 5.76. The summed E-state index contributed by atoms with van der Waals surface area (Å²) in [6.07, 6.45) is 10.3. The Morgan fingerprint density at radius 3 is 2.74 bits per heavy atom. The van der Waals surface area contributed by atoms with Crippen molar-refractivity contribution in [3.05, 3.63) is 0 Å². The van der Waals surface area contributed by atoms with Gasteiger partial charge in [0.1, 0.15) is 0 Å². The average Bonchev–Trinajstić information content (AvgIpc) is 3.01. The van der Waals surface area contributed by atoms with Crippen LogP contribution in [0.25, 0.3) is 0 Å². The zero-order valence-corrected chi connectivity index (χ0v) is 12.2. The Bertz CT molecular complexity index is 317. The van der Waals surface area contributed by atoms with E-state index in [4.69, 9.17) is 0 Å². The number of carbonyl (C=O) groups excluding carboxylic acids is 1. The molecule has 1 heterocycles. The lowest BCUT2D eigenvalue weighted by atomic mass is 9.85. The molecule has 19 heavy (non-hydrogen) atoms. The molecule has 0 aromatic carbocycles. The fourth-order valence-corrected chi connectivity index (χ4v) is 4.40. The number of nitrogens with one attached hydrogen (secondary N) is 2. The zero-order valence-electron chi connectivity index (χ0n) is 12.2. The van der Waals surface area contributed by atoms with E-state index in [9.17, 15) is 4.79 Å². The Morgan fingerprint density at radius 1 is 1.16 bits per heavy atom. The molecule has 0 aromatic rings. The molecule has 0 aromatic heterocycles. The van der Waals surface area contributed by atoms with E-state index in [2.05, 4.69) is 17.6 Å². The van der Waals surface area contributed by atoms with Crippen molar-refractivity contribution in [2.24, 2.45) is 17.8 Å². The van der Waals surface area contributed by atoms with E-state index in [-0.39, 0.29) is 11.9 Å². The maximum Gasteiger partial charge on any atom is 0.237 e. The molecule has 2 aliphatic carbocycles. The largest absolute Gasteiger partial charge is 0.354 e. The van der Waals surface area contributed by atoms with Gasteiger partial charge in [-0.05, 0) is 43.4 Å². The van der Waals surface area contributed by atoms with Gasteiger partial charge in [0.05, 0.1) is 6.04 Å². The second-order valence-corrected chi connectivity index (χ2v) is 7.02. The van der Waals surface area contributed by atoms with Crippen LogP contribution in [0.3, 0.4) is 0 Å². The van der Waals surface area contributed by atoms with Crippen molar-refractivity contribution in [3.8, 4) is 0 Å². The monoisotopic (exact) mass is 264 g/mol. The molecule has 3 rings (SSSR count). The standard InChI is InChI=1S/C16H28N2O/c1-11-5-4-7-13(11)10-17-16(19)15-9-12-6-2-3-8-14(12)18-15/h11-15,18H,2-10H2,1H3,(H,17,19). The maximum absolute atomic E-state index is 12.3. The highest BCUT2D eigenvalue weighted by Gasteiger charge is 2.38. The first kappa shape index (κ1) is 13.4. The van der Waals surface area contributed by atoms with Crippen LogP contribution in [-0.4, -0.2) is 24.5 Å². The highest BCUT2D eigenvalue weighted by atomic mass is 16.2. The van der Waals surface area contributed by atoms with Gasteiger partial charge in [-0.2, -0.15) is 0 Å². The molecule has 0 spiro atoms. The summed E-state index contributed by atoms with van der Waals surface area (Å²) < 4.78 is 0. The molecule has 1 amide bonds. The summed E-state index contributed by atoms with van der Waals surface area (Å²) in [4.78, 5) is 12.3. The number of hydrogen-bond acceptors (Lipinski definition) is 2. The predicted octanol–water partition coefficient (Wildman–Crippen LogP) is 2.46. The minimum Gasteiger partial charge on any atom is -0.354 e. The van der Waals surface area contributed by atoms with Gasteiger partial charge in [0.15, 0.2) is 0 Å². The van der Waals surface area contributed by atoms with Gasteiger partial charge in [-0.3, -0.25) is 4.79 Å². The lowest BCUT2D eigenvalue weighted by Crippen LogP contribution is -2.44. The van der Waals surface area contributed by atoms with Crippen LogP contribution in [0.2, 0.25) is 0 Å². The van der Waals surface area contributed by atoms with Gasteiger partial charge in [-0.15, -0.1) is 0 Å². The minimum absolute atomic E-state index is 0.0878. The van der Waals surface area contributed by atoms with Crippen molar-refractivity contribution in [3.63, 3.8) is 0 Å². The molecule has 3 heteroatoms. The third-order valence-corrected chi connectivity index (χ3v) is 5.76. The molecular formula is C16H28N2O. The molecule has 3 nitrogen and oxygen atoms in total. The van der Waals surface area contributed by atoms with Crippen LogP contribution in [-0.2, 0) is 4.79 Å². The van der Waals surface area contributed by atoms with Crippen molar-refractivity contribution >= 4 is 5.91 Å². The summed E-state index contributed by atoms with van der Waals surface area (Å²) in [5, 5.41) is 6.77. The molecule has 3 fully saturated rings. The van der Waals surface area contributed by atoms with E-state index in [0.29, 0.717) is 12.0 Å². The number of carbonyl (C=O) groups is 1. The van der Waals surface area contributed by atoms with Gasteiger partial charge in [-0.1, -0.05) is 32.6 Å². The topological polar surface area (TPSA) is 41.1 Å². The molecule has 1 aliphatic heterocycles. The Morgan fingerprint density at radius 2 is 2.00 bits per heavy atom. The predicted molar refractivity (Wildman–Crippen MR) is 76.8 cm³/mol. The summed E-state index contributed by atoms with van der Waals surface area (Å²) in [5.41, 5.74) is 0. The van der Waals surface area contributed by atoms with E-state index in [0.717, 1.165) is 24.8 Å². The Hall–Kier alpha value is -0.570. The summed E-state index contributed by atoms with van der Waals surface area (Å²) >= 11 is 0. The highest BCUT2D eigenvalue weighted by molar-refractivity contribution is 5.82. The third kappa shape index (κ3) is 2.96. The summed E-state index contributed by atoms with van der Waals surface area (Å²) in [6, 6.07) is 0.708. The van der Waals surface area contributed by atoms with Crippen molar-refractivity contribution in [1.29, 1.82) is 0 Å². The Balaban J connectivity index is 1.45. The second kappa shape index (κ2) is 5.82. The molecule has 108 valence electrons. The number of amides is 1. The molecule has 5 unspecified atom stereocenters. The smallest absolute Gasteiger partial charge is 0.237 e. The van der Waals surface area contributed by atoms with Crippen molar-refractivity contribution in [2.45, 2.75) is 70.4 Å². The van der Waals surface area contributed by atoms with Gasteiger partial charge in [0.25, 0.3) is 0 Å². The van der Waals surface area contributed by atoms with Crippen molar-refractivity contribution < 1.29 is 4.79 Å². The van der Waals surface area contributed by atoms with Crippen LogP contribution in [0.4, 0.5) is 0 Å². The lowest BCUT2D eigenvalue weighted by molar-refractivity contribution is -0.123. The molecule has 0 radical (unpaired) electrons. The van der Waals surface area contributed by atoms with E-state index >= 15 is 0 Å². The first-order chi connectivity index (χ1) is 9.24. The second-order valence-electron chi connectivity index (χ2n) is 7.02. The normalized spacial score (nSPS) is 42.1. The van der Waals surface area contributed by atoms with Crippen molar-refractivity contribution in [1.82, 2.24) is 10.6 Å². The fourth-order valence-electron chi connectivity index (χ4n) is 4.40. The number of fused-ring (bicyclic) bond motifs is 1. The first-order valence-corrected chi connectivity index (χ1v) is 8.28. The molecule has 2 N–H and O–H groups in total. The zero-order chi connectivity index (χ0) is 13.2. The molecular weight excluding hydrogens is 236 g/mol. The maximum atomic E-state index is 12.3. The summed E-state index contributed by atoms with van der Waals surface area (Å²) in [5.74, 6) is 2.52. The summed E-state index contributed by atoms with van der Waals surface area (Å²) in [7, 11) is 0. The summed E-state index contributed by atoms with van der Waals surface area (Å²) in [6.45, 7) is 3.22. The van der Waals surface area contributed by atoms with Crippen LogP contribution >= 0.6 is 0 Å². The number of rotatable bonds is 3. The average molecular weight is 264 g/mol. The van der Waals surface area contributed by atoms with Gasteiger partial charge < -0.3 is 10.6 Å². The number of hydrogen-bond donors (Lipinski definition) is 2. The molecule has 5 atom stereocenters. The minimum atomic E-state index is 0.0878. The van der Waals surface area contributed by atoms with Gasteiger partial charge >= 0.3 is 0 Å². The van der Waals surface area contributed by atoms with Crippen LogP contribution in [0.15, 0.2) is 0 Å². The molecule has 2 saturated carbocycles. The lowest BCUT2D eigenvalue weighted by Gasteiger charge is -2.24.